The number of likely N-dealkylation sites (N-methyl/N-ethyl adjacent to an activating group) is 1. The number of nitrogens with one attached hydrogen (secondary N) is 1. The third-order valence-electron chi connectivity index (χ3n) is 3.75. The summed E-state index contributed by atoms with van der Waals surface area (Å²) in [6, 6.07) is 6.56. The SMILES string of the molecule is CNC(C)(CCCCSc1ccc(C)cc1C)C(N)=O. The van der Waals surface area contributed by atoms with E-state index in [0.29, 0.717) is 0 Å². The van der Waals surface area contributed by atoms with Crippen molar-refractivity contribution in [1.82, 2.24) is 5.32 Å². The van der Waals surface area contributed by atoms with Crippen molar-refractivity contribution in [3.8, 4) is 0 Å². The fourth-order valence-electron chi connectivity index (χ4n) is 2.10. The van der Waals surface area contributed by atoms with Crippen molar-refractivity contribution >= 4 is 17.7 Å². The van der Waals surface area contributed by atoms with Crippen molar-refractivity contribution in [3.63, 3.8) is 0 Å². The summed E-state index contributed by atoms with van der Waals surface area (Å²) in [5.74, 6) is 0.796. The van der Waals surface area contributed by atoms with E-state index in [1.54, 1.807) is 7.05 Å². The average Bonchev–Trinajstić information content (AvgIpc) is 2.40. The number of aryl methyl sites for hydroxylation is 2. The Balaban J connectivity index is 2.33. The van der Waals surface area contributed by atoms with E-state index in [9.17, 15) is 4.79 Å². The van der Waals surface area contributed by atoms with Gasteiger partial charge in [0, 0.05) is 4.90 Å². The van der Waals surface area contributed by atoms with Crippen molar-refractivity contribution in [3.05, 3.63) is 29.3 Å². The van der Waals surface area contributed by atoms with Crippen LogP contribution in [0.25, 0.3) is 0 Å². The summed E-state index contributed by atoms with van der Waals surface area (Å²) in [5, 5.41) is 3.02. The summed E-state index contributed by atoms with van der Waals surface area (Å²) >= 11 is 1.89. The number of carbonyl (C=O) groups excluding carboxylic acids is 1. The van der Waals surface area contributed by atoms with Crippen LogP contribution in [0, 0.1) is 13.8 Å². The van der Waals surface area contributed by atoms with Gasteiger partial charge in [-0.05, 0) is 58.0 Å². The third kappa shape index (κ3) is 4.84. The minimum absolute atomic E-state index is 0.276. The molecule has 0 saturated carbocycles. The standard InChI is InChI=1S/C16H26N2OS/c1-12-7-8-14(13(2)11-12)20-10-6-5-9-16(3,18-4)15(17)19/h7-8,11,18H,5-6,9-10H2,1-4H3,(H2,17,19). The van der Waals surface area contributed by atoms with Crippen LogP contribution in [-0.2, 0) is 4.79 Å². The van der Waals surface area contributed by atoms with Gasteiger partial charge in [0.05, 0.1) is 5.54 Å². The number of hydrogen-bond donors (Lipinski definition) is 2. The van der Waals surface area contributed by atoms with Gasteiger partial charge >= 0.3 is 0 Å². The molecule has 20 heavy (non-hydrogen) atoms. The van der Waals surface area contributed by atoms with Crippen molar-refractivity contribution < 1.29 is 4.79 Å². The summed E-state index contributed by atoms with van der Waals surface area (Å²) in [6.07, 6.45) is 2.87. The van der Waals surface area contributed by atoms with Gasteiger partial charge in [-0.15, -0.1) is 11.8 Å². The first-order chi connectivity index (χ1) is 9.39. The molecule has 1 rings (SSSR count). The predicted molar refractivity (Wildman–Crippen MR) is 87.2 cm³/mol. The molecule has 0 fully saturated rings. The lowest BCUT2D eigenvalue weighted by molar-refractivity contribution is -0.123. The Morgan fingerprint density at radius 3 is 2.60 bits per heavy atom. The van der Waals surface area contributed by atoms with Crippen LogP contribution >= 0.6 is 11.8 Å². The Morgan fingerprint density at radius 1 is 1.35 bits per heavy atom. The maximum atomic E-state index is 11.4. The number of primary amides is 1. The molecule has 0 radical (unpaired) electrons. The largest absolute Gasteiger partial charge is 0.368 e. The predicted octanol–water partition coefficient (Wildman–Crippen LogP) is 3.03. The first-order valence-corrected chi connectivity index (χ1v) is 8.06. The van der Waals surface area contributed by atoms with Crippen LogP contribution in [0.1, 0.15) is 37.3 Å². The second kappa shape index (κ2) is 7.70. The summed E-state index contributed by atoms with van der Waals surface area (Å²) in [4.78, 5) is 12.7. The molecule has 1 aromatic rings. The number of amides is 1. The molecule has 1 amide bonds. The minimum atomic E-state index is -0.579. The maximum Gasteiger partial charge on any atom is 0.237 e. The van der Waals surface area contributed by atoms with Gasteiger partial charge in [-0.1, -0.05) is 24.1 Å². The minimum Gasteiger partial charge on any atom is -0.368 e. The van der Waals surface area contributed by atoms with Crippen LogP contribution in [-0.4, -0.2) is 24.2 Å². The highest BCUT2D eigenvalue weighted by molar-refractivity contribution is 7.99. The van der Waals surface area contributed by atoms with Crippen LogP contribution in [0.5, 0.6) is 0 Å². The maximum absolute atomic E-state index is 11.4. The van der Waals surface area contributed by atoms with E-state index in [4.69, 9.17) is 5.73 Å². The summed E-state index contributed by atoms with van der Waals surface area (Å²) in [7, 11) is 1.79. The number of nitrogens with two attached hydrogens (primary N) is 1. The van der Waals surface area contributed by atoms with Crippen molar-refractivity contribution in [2.75, 3.05) is 12.8 Å². The van der Waals surface area contributed by atoms with Gasteiger partial charge in [0.2, 0.25) is 5.91 Å². The summed E-state index contributed by atoms with van der Waals surface area (Å²) < 4.78 is 0. The van der Waals surface area contributed by atoms with Crippen molar-refractivity contribution in [2.24, 2.45) is 5.73 Å². The van der Waals surface area contributed by atoms with Gasteiger partial charge in [0.15, 0.2) is 0 Å². The number of hydrogen-bond acceptors (Lipinski definition) is 3. The van der Waals surface area contributed by atoms with Crippen LogP contribution in [0.4, 0.5) is 0 Å². The van der Waals surface area contributed by atoms with E-state index >= 15 is 0 Å². The Hall–Kier alpha value is -1.00. The van der Waals surface area contributed by atoms with Crippen LogP contribution < -0.4 is 11.1 Å². The smallest absolute Gasteiger partial charge is 0.237 e. The van der Waals surface area contributed by atoms with Gasteiger partial charge in [0.1, 0.15) is 0 Å². The fourth-order valence-corrected chi connectivity index (χ4v) is 3.11. The highest BCUT2D eigenvalue weighted by Crippen LogP contribution is 2.25. The Bertz CT molecular complexity index is 462. The second-order valence-electron chi connectivity index (χ2n) is 5.52. The molecule has 3 nitrogen and oxygen atoms in total. The monoisotopic (exact) mass is 294 g/mol. The molecule has 0 aliphatic carbocycles. The number of benzene rings is 1. The molecule has 0 aliphatic heterocycles. The van der Waals surface area contributed by atoms with E-state index < -0.39 is 5.54 Å². The zero-order valence-corrected chi connectivity index (χ0v) is 13.8. The topological polar surface area (TPSA) is 55.1 Å². The molecule has 0 saturated heterocycles. The zero-order valence-electron chi connectivity index (χ0n) is 13.0. The molecule has 0 aromatic heterocycles. The molecule has 0 heterocycles. The van der Waals surface area contributed by atoms with Gasteiger partial charge in [0.25, 0.3) is 0 Å². The summed E-state index contributed by atoms with van der Waals surface area (Å²) in [6.45, 7) is 6.14. The third-order valence-corrected chi connectivity index (χ3v) is 5.02. The molecule has 1 atom stereocenters. The molecular formula is C16H26N2OS. The molecule has 0 aliphatic rings. The van der Waals surface area contributed by atoms with Crippen LogP contribution in [0.15, 0.2) is 23.1 Å². The van der Waals surface area contributed by atoms with Gasteiger partial charge in [-0.2, -0.15) is 0 Å². The molecule has 4 heteroatoms. The van der Waals surface area contributed by atoms with E-state index in [0.717, 1.165) is 25.0 Å². The summed E-state index contributed by atoms with van der Waals surface area (Å²) in [5.41, 5.74) is 7.48. The Labute approximate surface area is 126 Å². The second-order valence-corrected chi connectivity index (χ2v) is 6.66. The number of carbonyl (C=O) groups is 1. The Morgan fingerprint density at radius 2 is 2.05 bits per heavy atom. The lowest BCUT2D eigenvalue weighted by Gasteiger charge is -2.25. The first kappa shape index (κ1) is 17.1. The van der Waals surface area contributed by atoms with Gasteiger partial charge in [-0.3, -0.25) is 4.79 Å². The molecule has 0 spiro atoms. The molecule has 1 unspecified atom stereocenters. The Kier molecular flexibility index (Phi) is 6.56. The van der Waals surface area contributed by atoms with E-state index in [1.165, 1.54) is 16.0 Å². The van der Waals surface area contributed by atoms with Gasteiger partial charge < -0.3 is 11.1 Å². The fraction of sp³-hybridized carbons (Fsp3) is 0.562. The van der Waals surface area contributed by atoms with E-state index in [-0.39, 0.29) is 5.91 Å². The van der Waals surface area contributed by atoms with Gasteiger partial charge in [-0.25, -0.2) is 0 Å². The normalized spacial score (nSPS) is 14.0. The quantitative estimate of drug-likeness (QED) is 0.572. The van der Waals surface area contributed by atoms with Crippen LogP contribution in [0.3, 0.4) is 0 Å². The van der Waals surface area contributed by atoms with E-state index in [2.05, 4.69) is 37.4 Å². The lowest BCUT2D eigenvalue weighted by atomic mass is 9.94. The average molecular weight is 294 g/mol. The number of rotatable bonds is 8. The lowest BCUT2D eigenvalue weighted by Crippen LogP contribution is -2.51. The molecule has 3 N–H and O–H groups in total. The molecule has 0 bridgehead atoms. The molecule has 112 valence electrons. The van der Waals surface area contributed by atoms with Crippen molar-refractivity contribution in [1.29, 1.82) is 0 Å². The number of thioether (sulfide) groups is 1. The molecule has 1 aromatic carbocycles. The highest BCUT2D eigenvalue weighted by Gasteiger charge is 2.27. The number of unbranched alkanes of at least 4 members (excludes halogenated alkanes) is 1. The van der Waals surface area contributed by atoms with Crippen LogP contribution in [0.2, 0.25) is 0 Å². The first-order valence-electron chi connectivity index (χ1n) is 7.08. The highest BCUT2D eigenvalue weighted by atomic mass is 32.2. The zero-order chi connectivity index (χ0) is 15.2. The van der Waals surface area contributed by atoms with E-state index in [1.807, 2.05) is 18.7 Å². The van der Waals surface area contributed by atoms with Crippen molar-refractivity contribution in [2.45, 2.75) is 50.5 Å². The molecular weight excluding hydrogens is 268 g/mol.